The molecule has 3 heterocycles. The lowest BCUT2D eigenvalue weighted by molar-refractivity contribution is -0.884. The Hall–Kier alpha value is -3.82. The second-order valence-electron chi connectivity index (χ2n) is 13.2. The van der Waals surface area contributed by atoms with Crippen LogP contribution in [0.15, 0.2) is 60.8 Å². The maximum absolute atomic E-state index is 14.2. The quantitative estimate of drug-likeness (QED) is 0.280. The number of carbonyl (C=O) groups excluding carboxylic acids is 1. The van der Waals surface area contributed by atoms with E-state index in [0.29, 0.717) is 31.0 Å². The largest absolute Gasteiger partial charge is 0.481 e. The third-order valence-electron chi connectivity index (χ3n) is 8.86. The summed E-state index contributed by atoms with van der Waals surface area (Å²) in [4.78, 5) is 31.2. The van der Waals surface area contributed by atoms with Crippen LogP contribution < -0.4 is 14.4 Å². The van der Waals surface area contributed by atoms with Crippen LogP contribution in [0.2, 0.25) is 0 Å². The Balaban J connectivity index is 1.44. The second kappa shape index (κ2) is 13.4. The number of likely N-dealkylation sites (tertiary alicyclic amines) is 1. The molecule has 236 valence electrons. The molecule has 9 nitrogen and oxygen atoms in total. The predicted molar refractivity (Wildman–Crippen MR) is 171 cm³/mol. The number of quaternary nitrogens is 1. The number of aliphatic carboxylic acids is 1. The molecule has 2 aromatic carbocycles. The number of carbonyl (C=O) groups is 2. The van der Waals surface area contributed by atoms with Crippen molar-refractivity contribution in [3.8, 4) is 11.5 Å². The van der Waals surface area contributed by atoms with E-state index in [0.717, 1.165) is 47.2 Å². The van der Waals surface area contributed by atoms with Crippen molar-refractivity contribution in [3.05, 3.63) is 77.6 Å². The van der Waals surface area contributed by atoms with Gasteiger partial charge in [0.05, 0.1) is 33.6 Å². The highest BCUT2D eigenvalue weighted by Gasteiger charge is 2.47. The first kappa shape index (κ1) is 31.6. The molecular weight excluding hydrogens is 556 g/mol. The molecule has 0 unspecified atom stereocenters. The molecule has 3 aromatic rings. The fourth-order valence-electron chi connectivity index (χ4n) is 6.73. The van der Waals surface area contributed by atoms with E-state index < -0.39 is 11.9 Å². The van der Waals surface area contributed by atoms with Gasteiger partial charge in [-0.05, 0) is 61.2 Å². The monoisotopic (exact) mass is 603 g/mol. The lowest BCUT2D eigenvalue weighted by Gasteiger charge is -2.30. The van der Waals surface area contributed by atoms with Crippen LogP contribution >= 0.6 is 0 Å². The molecule has 3 atom stereocenters. The third-order valence-corrected chi connectivity index (χ3v) is 8.86. The Morgan fingerprint density at radius 3 is 2.55 bits per heavy atom. The third kappa shape index (κ3) is 7.27. The maximum Gasteiger partial charge on any atom is 0.308 e. The van der Waals surface area contributed by atoms with Gasteiger partial charge >= 0.3 is 5.97 Å². The average molecular weight is 604 g/mol. The Morgan fingerprint density at radius 2 is 1.84 bits per heavy atom. The van der Waals surface area contributed by atoms with E-state index in [-0.39, 0.29) is 31.2 Å². The van der Waals surface area contributed by atoms with Crippen molar-refractivity contribution in [1.82, 2.24) is 9.47 Å². The summed E-state index contributed by atoms with van der Waals surface area (Å²) in [6, 6.07) is 17.8. The van der Waals surface area contributed by atoms with E-state index >= 15 is 0 Å². The zero-order valence-corrected chi connectivity index (χ0v) is 26.7. The van der Waals surface area contributed by atoms with Gasteiger partial charge in [0.15, 0.2) is 11.5 Å². The molecule has 1 amide bonds. The summed E-state index contributed by atoms with van der Waals surface area (Å²) >= 11 is 0. The maximum atomic E-state index is 14.2. The number of amides is 1. The van der Waals surface area contributed by atoms with Crippen LogP contribution in [0.3, 0.4) is 0 Å². The smallest absolute Gasteiger partial charge is 0.308 e. The van der Waals surface area contributed by atoms with Crippen LogP contribution in [-0.4, -0.2) is 84.5 Å². The summed E-state index contributed by atoms with van der Waals surface area (Å²) in [5.74, 6) is -0.480. The number of carboxylic acids is 1. The molecule has 1 fully saturated rings. The minimum absolute atomic E-state index is 0.000176. The molecule has 1 N–H and O–H groups in total. The molecule has 0 radical (unpaired) electrons. The number of fused-ring (bicyclic) bond motifs is 1. The van der Waals surface area contributed by atoms with Gasteiger partial charge in [-0.2, -0.15) is 0 Å². The fraction of sp³-hybridized carbons (Fsp3) is 0.486. The van der Waals surface area contributed by atoms with E-state index in [1.165, 1.54) is 5.56 Å². The zero-order valence-electron chi connectivity index (χ0n) is 26.7. The Kier molecular flexibility index (Phi) is 9.65. The number of hydrogen-bond acceptors (Lipinski definition) is 5. The van der Waals surface area contributed by atoms with Crippen LogP contribution in [0.25, 0.3) is 0 Å². The van der Waals surface area contributed by atoms with E-state index in [9.17, 15) is 14.7 Å². The molecule has 2 aliphatic rings. The summed E-state index contributed by atoms with van der Waals surface area (Å²) in [7, 11) is 8.48. The Bertz CT molecular complexity index is 1460. The first-order valence-electron chi connectivity index (χ1n) is 15.7. The van der Waals surface area contributed by atoms with Crippen LogP contribution in [0, 0.1) is 5.92 Å². The zero-order chi connectivity index (χ0) is 31.4. The number of rotatable bonds is 13. The first-order chi connectivity index (χ1) is 21.0. The number of benzene rings is 2. The molecule has 5 rings (SSSR count). The minimum atomic E-state index is -0.838. The summed E-state index contributed by atoms with van der Waals surface area (Å²) in [5, 5.41) is 10.6. The standard InChI is InChI=1S/C35H46N4O5/c1-6-7-18-38(28-11-8-10-25(19-28)23-39(3,4)5)33(40)22-37-21-29(26-13-16-31-32(20-26)44-24-43-31)34(35(41)42)30(37)15-14-27-12-9-17-36(27)2/h8-13,16-17,19-20,29-30,34H,6-7,14-15,18,21-24H2,1-5H3/p+1/t29-,30+,34-/m1/s1. The molecule has 9 heteroatoms. The van der Waals surface area contributed by atoms with E-state index in [2.05, 4.69) is 55.7 Å². The van der Waals surface area contributed by atoms with E-state index in [1.807, 2.05) is 54.5 Å². The van der Waals surface area contributed by atoms with Crippen molar-refractivity contribution in [2.45, 2.75) is 51.1 Å². The summed E-state index contributed by atoms with van der Waals surface area (Å²) < 4.78 is 14.0. The summed E-state index contributed by atoms with van der Waals surface area (Å²) in [6.45, 7) is 4.40. The fourth-order valence-corrected chi connectivity index (χ4v) is 6.73. The SMILES string of the molecule is CCCCN(C(=O)CN1C[C@H](c2ccc3c(c2)OCO3)[C@@H](C(=O)O)[C@@H]1CCc1cccn1C)c1cccc(C[N+](C)(C)C)c1. The van der Waals surface area contributed by atoms with Gasteiger partial charge in [-0.15, -0.1) is 0 Å². The van der Waals surface area contributed by atoms with E-state index in [4.69, 9.17) is 9.47 Å². The number of aryl methyl sites for hydroxylation is 2. The number of aromatic nitrogens is 1. The number of unbranched alkanes of at least 4 members (excludes halogenated alkanes) is 1. The van der Waals surface area contributed by atoms with E-state index in [1.54, 1.807) is 0 Å². The molecule has 1 saturated heterocycles. The highest BCUT2D eigenvalue weighted by Crippen LogP contribution is 2.43. The molecule has 0 spiro atoms. The number of ether oxygens (including phenoxy) is 2. The van der Waals surface area contributed by atoms with Gasteiger partial charge in [-0.3, -0.25) is 14.5 Å². The van der Waals surface area contributed by atoms with Crippen molar-refractivity contribution in [2.24, 2.45) is 13.0 Å². The van der Waals surface area contributed by atoms with Crippen molar-refractivity contribution < 1.29 is 28.7 Å². The first-order valence-corrected chi connectivity index (χ1v) is 15.7. The van der Waals surface area contributed by atoms with Crippen LogP contribution in [0.5, 0.6) is 11.5 Å². The van der Waals surface area contributed by atoms with Gasteiger partial charge in [0.25, 0.3) is 0 Å². The summed E-state index contributed by atoms with van der Waals surface area (Å²) in [6.07, 6.45) is 5.23. The topological polar surface area (TPSA) is 84.2 Å². The Labute approximate surface area is 261 Å². The van der Waals surface area contributed by atoms with Gasteiger partial charge in [-0.25, -0.2) is 0 Å². The van der Waals surface area contributed by atoms with Crippen LogP contribution in [0.1, 0.15) is 48.9 Å². The molecule has 44 heavy (non-hydrogen) atoms. The van der Waals surface area contributed by atoms with Crippen molar-refractivity contribution >= 4 is 17.6 Å². The summed E-state index contributed by atoms with van der Waals surface area (Å²) in [5.41, 5.74) is 4.12. The normalized spacial score (nSPS) is 19.8. The lowest BCUT2D eigenvalue weighted by Crippen LogP contribution is -2.44. The van der Waals surface area contributed by atoms with Gasteiger partial charge < -0.3 is 28.5 Å². The van der Waals surface area contributed by atoms with Crippen molar-refractivity contribution in [3.63, 3.8) is 0 Å². The van der Waals surface area contributed by atoms with Crippen LogP contribution in [-0.2, 0) is 29.6 Å². The lowest BCUT2D eigenvalue weighted by atomic mass is 9.83. The predicted octanol–water partition coefficient (Wildman–Crippen LogP) is 4.89. The number of anilines is 1. The number of carboxylic acid groups (broad SMARTS) is 1. The molecular formula is C35H47N4O5+. The molecule has 0 aliphatic carbocycles. The minimum Gasteiger partial charge on any atom is -0.481 e. The molecule has 1 aromatic heterocycles. The van der Waals surface area contributed by atoms with Gasteiger partial charge in [0.1, 0.15) is 6.54 Å². The Morgan fingerprint density at radius 1 is 1.05 bits per heavy atom. The second-order valence-corrected chi connectivity index (χ2v) is 13.2. The molecule has 2 aliphatic heterocycles. The van der Waals surface area contributed by atoms with Crippen LogP contribution in [0.4, 0.5) is 5.69 Å². The van der Waals surface area contributed by atoms with Crippen molar-refractivity contribution in [2.75, 3.05) is 52.5 Å². The number of nitrogens with zero attached hydrogens (tertiary/aromatic N) is 4. The highest BCUT2D eigenvalue weighted by molar-refractivity contribution is 5.95. The number of hydrogen-bond donors (Lipinski definition) is 1. The average Bonchev–Trinajstić information content (AvgIpc) is 3.69. The van der Waals surface area contributed by atoms with Crippen molar-refractivity contribution in [1.29, 1.82) is 0 Å². The van der Waals surface area contributed by atoms with Gasteiger partial charge in [-0.1, -0.05) is 31.5 Å². The van der Waals surface area contributed by atoms with Gasteiger partial charge in [0, 0.05) is 55.2 Å². The highest BCUT2D eigenvalue weighted by atomic mass is 16.7. The molecule has 0 bridgehead atoms. The molecule has 0 saturated carbocycles. The van der Waals surface area contributed by atoms with Gasteiger partial charge in [0.2, 0.25) is 12.7 Å².